The lowest BCUT2D eigenvalue weighted by molar-refractivity contribution is -0.126. The van der Waals surface area contributed by atoms with E-state index in [1.807, 2.05) is 13.0 Å². The Kier molecular flexibility index (Phi) is 2.48. The Morgan fingerprint density at radius 1 is 1.73 bits per heavy atom. The molecule has 0 spiro atoms. The summed E-state index contributed by atoms with van der Waals surface area (Å²) < 4.78 is 4.99. The number of nitrogens with two attached hydrogens (primary N) is 1. The summed E-state index contributed by atoms with van der Waals surface area (Å²) in [5.41, 5.74) is 6.07. The highest BCUT2D eigenvalue weighted by Gasteiger charge is 2.48. The van der Waals surface area contributed by atoms with E-state index in [0.717, 1.165) is 18.5 Å². The minimum Gasteiger partial charge on any atom is -0.359 e. The minimum atomic E-state index is -0.297. The molecule has 1 fully saturated rings. The normalized spacial score (nSPS) is 17.5. The molecule has 0 saturated heterocycles. The molecule has 3 N–H and O–H groups in total. The van der Waals surface area contributed by atoms with Crippen LogP contribution in [0.4, 0.5) is 0 Å². The maximum atomic E-state index is 11.7. The fourth-order valence-electron chi connectivity index (χ4n) is 1.53. The molecule has 1 heterocycles. The van der Waals surface area contributed by atoms with E-state index >= 15 is 0 Å². The first kappa shape index (κ1) is 10.2. The predicted molar refractivity (Wildman–Crippen MR) is 53.8 cm³/mol. The highest BCUT2D eigenvalue weighted by Crippen LogP contribution is 2.44. The average Bonchev–Trinajstić information content (AvgIpc) is 2.93. The third-order valence-electron chi connectivity index (χ3n) is 2.83. The molecular weight excluding hydrogens is 194 g/mol. The number of hydrogen-bond donors (Lipinski definition) is 2. The van der Waals surface area contributed by atoms with Crippen molar-refractivity contribution in [2.24, 2.45) is 11.1 Å². The van der Waals surface area contributed by atoms with Crippen molar-refractivity contribution in [3.63, 3.8) is 0 Å². The van der Waals surface area contributed by atoms with Crippen LogP contribution in [0.25, 0.3) is 0 Å². The van der Waals surface area contributed by atoms with E-state index < -0.39 is 0 Å². The van der Waals surface area contributed by atoms with E-state index in [0.29, 0.717) is 18.8 Å². The SMILES string of the molecule is Cc1cc(CNC(=O)C2(CN)CC2)on1. The van der Waals surface area contributed by atoms with Gasteiger partial charge in [-0.25, -0.2) is 0 Å². The summed E-state index contributed by atoms with van der Waals surface area (Å²) in [5, 5.41) is 6.55. The van der Waals surface area contributed by atoms with Crippen LogP contribution in [0.2, 0.25) is 0 Å². The number of aryl methyl sites for hydroxylation is 1. The van der Waals surface area contributed by atoms with Crippen molar-refractivity contribution in [3.05, 3.63) is 17.5 Å². The van der Waals surface area contributed by atoms with Crippen molar-refractivity contribution in [2.75, 3.05) is 6.54 Å². The number of carbonyl (C=O) groups excluding carboxylic acids is 1. The van der Waals surface area contributed by atoms with E-state index in [2.05, 4.69) is 10.5 Å². The van der Waals surface area contributed by atoms with Gasteiger partial charge in [0, 0.05) is 12.6 Å². The summed E-state index contributed by atoms with van der Waals surface area (Å²) in [4.78, 5) is 11.7. The zero-order chi connectivity index (χ0) is 10.9. The van der Waals surface area contributed by atoms with Crippen molar-refractivity contribution in [1.29, 1.82) is 0 Å². The zero-order valence-electron chi connectivity index (χ0n) is 8.75. The molecule has 0 atom stereocenters. The smallest absolute Gasteiger partial charge is 0.227 e. The topological polar surface area (TPSA) is 81.2 Å². The third kappa shape index (κ3) is 2.02. The van der Waals surface area contributed by atoms with E-state index in [1.165, 1.54) is 0 Å². The Bertz CT molecular complexity index is 368. The fraction of sp³-hybridized carbons (Fsp3) is 0.600. The van der Waals surface area contributed by atoms with Gasteiger partial charge in [0.05, 0.1) is 17.7 Å². The second-order valence-electron chi connectivity index (χ2n) is 4.10. The lowest BCUT2D eigenvalue weighted by Gasteiger charge is -2.11. The van der Waals surface area contributed by atoms with Crippen LogP contribution in [0, 0.1) is 12.3 Å². The van der Waals surface area contributed by atoms with Crippen molar-refractivity contribution in [2.45, 2.75) is 26.3 Å². The van der Waals surface area contributed by atoms with Crippen molar-refractivity contribution < 1.29 is 9.32 Å². The lowest BCUT2D eigenvalue weighted by atomic mass is 10.1. The van der Waals surface area contributed by atoms with Crippen molar-refractivity contribution >= 4 is 5.91 Å². The lowest BCUT2D eigenvalue weighted by Crippen LogP contribution is -2.36. The number of aromatic nitrogens is 1. The van der Waals surface area contributed by atoms with Gasteiger partial charge >= 0.3 is 0 Å². The van der Waals surface area contributed by atoms with Gasteiger partial charge in [0.25, 0.3) is 0 Å². The molecule has 0 aromatic carbocycles. The van der Waals surface area contributed by atoms with Crippen LogP contribution in [0.5, 0.6) is 0 Å². The highest BCUT2D eigenvalue weighted by molar-refractivity contribution is 5.85. The van der Waals surface area contributed by atoms with Crippen LogP contribution >= 0.6 is 0 Å². The van der Waals surface area contributed by atoms with E-state index in [-0.39, 0.29) is 11.3 Å². The van der Waals surface area contributed by atoms with E-state index in [9.17, 15) is 4.79 Å². The Morgan fingerprint density at radius 2 is 2.47 bits per heavy atom. The summed E-state index contributed by atoms with van der Waals surface area (Å²) in [6, 6.07) is 1.81. The molecule has 5 nitrogen and oxygen atoms in total. The van der Waals surface area contributed by atoms with Gasteiger partial charge in [0.1, 0.15) is 0 Å². The summed E-state index contributed by atoms with van der Waals surface area (Å²) in [6.07, 6.45) is 1.79. The molecule has 15 heavy (non-hydrogen) atoms. The van der Waals surface area contributed by atoms with Crippen LogP contribution in [-0.4, -0.2) is 17.6 Å². The van der Waals surface area contributed by atoms with Crippen LogP contribution in [-0.2, 0) is 11.3 Å². The van der Waals surface area contributed by atoms with Gasteiger partial charge in [-0.2, -0.15) is 0 Å². The maximum Gasteiger partial charge on any atom is 0.227 e. The number of rotatable bonds is 4. The van der Waals surface area contributed by atoms with Gasteiger partial charge < -0.3 is 15.6 Å². The highest BCUT2D eigenvalue weighted by atomic mass is 16.5. The number of amides is 1. The van der Waals surface area contributed by atoms with Crippen LogP contribution in [0.3, 0.4) is 0 Å². The Hall–Kier alpha value is -1.36. The molecule has 0 unspecified atom stereocenters. The standard InChI is InChI=1S/C10H15N3O2/c1-7-4-8(15-13-7)5-12-9(14)10(6-11)2-3-10/h4H,2-3,5-6,11H2,1H3,(H,12,14). The first-order chi connectivity index (χ1) is 7.16. The number of nitrogens with zero attached hydrogens (tertiary/aromatic N) is 1. The molecule has 0 bridgehead atoms. The summed E-state index contributed by atoms with van der Waals surface area (Å²) in [6.45, 7) is 2.66. The van der Waals surface area contributed by atoms with Gasteiger partial charge in [0.2, 0.25) is 5.91 Å². The van der Waals surface area contributed by atoms with Crippen molar-refractivity contribution in [3.8, 4) is 0 Å². The monoisotopic (exact) mass is 209 g/mol. The molecule has 5 heteroatoms. The van der Waals surface area contributed by atoms with Gasteiger partial charge in [0.15, 0.2) is 5.76 Å². The molecule has 1 aromatic rings. The molecule has 82 valence electrons. The van der Waals surface area contributed by atoms with Gasteiger partial charge in [-0.05, 0) is 19.8 Å². The molecule has 1 saturated carbocycles. The number of nitrogens with one attached hydrogen (secondary N) is 1. The van der Waals surface area contributed by atoms with Gasteiger partial charge in [-0.3, -0.25) is 4.79 Å². The number of carbonyl (C=O) groups is 1. The second-order valence-corrected chi connectivity index (χ2v) is 4.10. The number of hydrogen-bond acceptors (Lipinski definition) is 4. The first-order valence-electron chi connectivity index (χ1n) is 5.07. The molecule has 0 aliphatic heterocycles. The van der Waals surface area contributed by atoms with Crippen LogP contribution < -0.4 is 11.1 Å². The van der Waals surface area contributed by atoms with Gasteiger partial charge in [-0.15, -0.1) is 0 Å². The Balaban J connectivity index is 1.86. The molecule has 0 radical (unpaired) electrons. The predicted octanol–water partition coefficient (Wildman–Crippen LogP) is 0.338. The Labute approximate surface area is 88.0 Å². The summed E-state index contributed by atoms with van der Waals surface area (Å²) in [5.74, 6) is 0.702. The van der Waals surface area contributed by atoms with Crippen LogP contribution in [0.15, 0.2) is 10.6 Å². The average molecular weight is 209 g/mol. The fourth-order valence-corrected chi connectivity index (χ4v) is 1.53. The molecule has 1 aromatic heterocycles. The molecule has 1 amide bonds. The first-order valence-corrected chi connectivity index (χ1v) is 5.07. The third-order valence-corrected chi connectivity index (χ3v) is 2.83. The second kappa shape index (κ2) is 3.66. The zero-order valence-corrected chi connectivity index (χ0v) is 8.75. The van der Waals surface area contributed by atoms with Crippen LogP contribution in [0.1, 0.15) is 24.3 Å². The Morgan fingerprint density at radius 3 is 2.93 bits per heavy atom. The van der Waals surface area contributed by atoms with Crippen molar-refractivity contribution in [1.82, 2.24) is 10.5 Å². The molecule has 2 rings (SSSR count). The molecule has 1 aliphatic rings. The largest absolute Gasteiger partial charge is 0.359 e. The summed E-state index contributed by atoms with van der Waals surface area (Å²) >= 11 is 0. The molecular formula is C10H15N3O2. The quantitative estimate of drug-likeness (QED) is 0.749. The molecule has 1 aliphatic carbocycles. The maximum absolute atomic E-state index is 11.7. The van der Waals surface area contributed by atoms with E-state index in [1.54, 1.807) is 0 Å². The summed E-state index contributed by atoms with van der Waals surface area (Å²) in [7, 11) is 0. The van der Waals surface area contributed by atoms with E-state index in [4.69, 9.17) is 10.3 Å². The van der Waals surface area contributed by atoms with Gasteiger partial charge in [-0.1, -0.05) is 5.16 Å². The minimum absolute atomic E-state index is 0.0269.